The third-order valence-corrected chi connectivity index (χ3v) is 2.21. The lowest BCUT2D eigenvalue weighted by Crippen LogP contribution is -2.41. The second kappa shape index (κ2) is 3.19. The highest BCUT2D eigenvalue weighted by Gasteiger charge is 2.29. The topological polar surface area (TPSA) is 9.23 Å². The van der Waals surface area contributed by atoms with Crippen LogP contribution in [0.1, 0.15) is 13.3 Å². The van der Waals surface area contributed by atoms with Gasteiger partial charge in [0.2, 0.25) is 0 Å². The van der Waals surface area contributed by atoms with Gasteiger partial charge in [-0.05, 0) is 12.5 Å². The second-order valence-electron chi connectivity index (χ2n) is 4.74. The normalized spacial score (nSPS) is 31.2. The Balaban J connectivity index is 2.43. The van der Waals surface area contributed by atoms with Crippen molar-refractivity contribution >= 4 is 0 Å². The summed E-state index contributed by atoms with van der Waals surface area (Å²) in [4.78, 5) is 0. The Morgan fingerprint density at radius 3 is 2.42 bits per heavy atom. The van der Waals surface area contributed by atoms with E-state index in [9.17, 15) is 0 Å². The van der Waals surface area contributed by atoms with Crippen LogP contribution in [0, 0.1) is 0 Å². The standard InChI is InChI=1S/C10H20NO/c1-8-6-10(12-9(8)2)7-11(3,4)5/h9-10H,1,6-7H2,2-5H3/q+1/t9-,10+/m1/s1. The molecule has 2 nitrogen and oxygen atoms in total. The van der Waals surface area contributed by atoms with Gasteiger partial charge >= 0.3 is 0 Å². The highest BCUT2D eigenvalue weighted by Crippen LogP contribution is 2.24. The minimum Gasteiger partial charge on any atom is -0.365 e. The first kappa shape index (κ1) is 9.75. The van der Waals surface area contributed by atoms with Gasteiger partial charge in [0, 0.05) is 6.42 Å². The zero-order valence-corrected chi connectivity index (χ0v) is 8.63. The zero-order chi connectivity index (χ0) is 9.35. The zero-order valence-electron chi connectivity index (χ0n) is 8.63. The number of ether oxygens (including phenoxy) is 1. The molecule has 1 rings (SSSR count). The monoisotopic (exact) mass is 170 g/mol. The Morgan fingerprint density at radius 2 is 2.08 bits per heavy atom. The quantitative estimate of drug-likeness (QED) is 0.450. The molecule has 0 unspecified atom stereocenters. The van der Waals surface area contributed by atoms with Crippen LogP contribution in [0.25, 0.3) is 0 Å². The average molecular weight is 170 g/mol. The molecule has 0 bridgehead atoms. The van der Waals surface area contributed by atoms with Crippen molar-refractivity contribution in [2.24, 2.45) is 0 Å². The molecule has 1 saturated heterocycles. The highest BCUT2D eigenvalue weighted by atomic mass is 16.5. The lowest BCUT2D eigenvalue weighted by Gasteiger charge is -2.26. The van der Waals surface area contributed by atoms with Crippen molar-refractivity contribution in [1.82, 2.24) is 0 Å². The van der Waals surface area contributed by atoms with Crippen LogP contribution in [0.3, 0.4) is 0 Å². The fraction of sp³-hybridized carbons (Fsp3) is 0.800. The number of hydrogen-bond donors (Lipinski definition) is 0. The van der Waals surface area contributed by atoms with Crippen LogP contribution in [0.15, 0.2) is 12.2 Å². The summed E-state index contributed by atoms with van der Waals surface area (Å²) in [6.45, 7) is 7.14. The molecule has 1 heterocycles. The van der Waals surface area contributed by atoms with E-state index in [-0.39, 0.29) is 6.10 Å². The molecule has 0 saturated carbocycles. The van der Waals surface area contributed by atoms with Crippen LogP contribution in [0.5, 0.6) is 0 Å². The van der Waals surface area contributed by atoms with Gasteiger partial charge in [-0.15, -0.1) is 0 Å². The van der Waals surface area contributed by atoms with E-state index in [4.69, 9.17) is 4.74 Å². The van der Waals surface area contributed by atoms with Crippen LogP contribution < -0.4 is 0 Å². The van der Waals surface area contributed by atoms with E-state index in [1.54, 1.807) is 0 Å². The van der Waals surface area contributed by atoms with Gasteiger partial charge in [-0.2, -0.15) is 0 Å². The van der Waals surface area contributed by atoms with E-state index in [0.717, 1.165) is 17.4 Å². The molecule has 1 fully saturated rings. The average Bonchev–Trinajstić information content (AvgIpc) is 2.07. The van der Waals surface area contributed by atoms with Gasteiger partial charge in [-0.25, -0.2) is 0 Å². The number of hydrogen-bond acceptors (Lipinski definition) is 1. The molecule has 2 atom stereocenters. The first-order valence-electron chi connectivity index (χ1n) is 4.52. The molecule has 0 radical (unpaired) electrons. The van der Waals surface area contributed by atoms with E-state index in [0.29, 0.717) is 6.10 Å². The Morgan fingerprint density at radius 1 is 1.50 bits per heavy atom. The van der Waals surface area contributed by atoms with Crippen LogP contribution >= 0.6 is 0 Å². The van der Waals surface area contributed by atoms with E-state index in [1.807, 2.05) is 0 Å². The molecular weight excluding hydrogens is 150 g/mol. The summed E-state index contributed by atoms with van der Waals surface area (Å²) in [6.07, 6.45) is 1.69. The van der Waals surface area contributed by atoms with Crippen molar-refractivity contribution in [3.05, 3.63) is 12.2 Å². The van der Waals surface area contributed by atoms with E-state index in [2.05, 4.69) is 34.6 Å². The first-order chi connectivity index (χ1) is 5.38. The molecule has 0 spiro atoms. The van der Waals surface area contributed by atoms with Crippen molar-refractivity contribution in [3.8, 4) is 0 Å². The summed E-state index contributed by atoms with van der Waals surface area (Å²) in [7, 11) is 6.57. The summed E-state index contributed by atoms with van der Waals surface area (Å²) in [6, 6.07) is 0. The molecule has 0 aromatic rings. The first-order valence-corrected chi connectivity index (χ1v) is 4.52. The number of likely N-dealkylation sites (N-methyl/N-ethyl adjacent to an activating group) is 1. The molecule has 0 aromatic heterocycles. The molecule has 1 aliphatic heterocycles. The van der Waals surface area contributed by atoms with E-state index in [1.165, 1.54) is 5.57 Å². The van der Waals surface area contributed by atoms with Crippen LogP contribution in [-0.4, -0.2) is 44.4 Å². The Bertz CT molecular complexity index is 181. The molecule has 1 aliphatic rings. The minimum absolute atomic E-state index is 0.265. The predicted octanol–water partition coefficient (Wildman–Crippen LogP) is 1.43. The van der Waals surface area contributed by atoms with Gasteiger partial charge in [-0.3, -0.25) is 0 Å². The largest absolute Gasteiger partial charge is 0.365 e. The van der Waals surface area contributed by atoms with Crippen LogP contribution in [0.2, 0.25) is 0 Å². The summed E-state index contributed by atoms with van der Waals surface area (Å²) in [5, 5.41) is 0. The maximum Gasteiger partial charge on any atom is 0.111 e. The molecule has 70 valence electrons. The number of nitrogens with zero attached hydrogens (tertiary/aromatic N) is 1. The van der Waals surface area contributed by atoms with Crippen LogP contribution in [0.4, 0.5) is 0 Å². The van der Waals surface area contributed by atoms with Gasteiger partial charge in [-0.1, -0.05) is 6.58 Å². The summed E-state index contributed by atoms with van der Waals surface area (Å²) >= 11 is 0. The van der Waals surface area contributed by atoms with Gasteiger partial charge < -0.3 is 9.22 Å². The minimum atomic E-state index is 0.265. The summed E-state index contributed by atoms with van der Waals surface area (Å²) in [5.41, 5.74) is 1.24. The van der Waals surface area contributed by atoms with E-state index < -0.39 is 0 Å². The molecule has 2 heteroatoms. The Labute approximate surface area is 75.4 Å². The highest BCUT2D eigenvalue weighted by molar-refractivity contribution is 5.07. The molecule has 12 heavy (non-hydrogen) atoms. The SMILES string of the molecule is C=C1C[C@@H](C[N+](C)(C)C)O[C@@H]1C. The van der Waals surface area contributed by atoms with Gasteiger partial charge in [0.25, 0.3) is 0 Å². The van der Waals surface area contributed by atoms with Crippen LogP contribution in [-0.2, 0) is 4.74 Å². The summed E-state index contributed by atoms with van der Waals surface area (Å²) < 4.78 is 6.70. The lowest BCUT2D eigenvalue weighted by molar-refractivity contribution is -0.873. The van der Waals surface area contributed by atoms with Gasteiger partial charge in [0.1, 0.15) is 12.6 Å². The number of quaternary nitrogens is 1. The van der Waals surface area contributed by atoms with Crippen molar-refractivity contribution < 1.29 is 9.22 Å². The van der Waals surface area contributed by atoms with E-state index >= 15 is 0 Å². The predicted molar refractivity (Wildman–Crippen MR) is 51.0 cm³/mol. The number of rotatable bonds is 2. The van der Waals surface area contributed by atoms with Crippen molar-refractivity contribution in [2.75, 3.05) is 27.7 Å². The molecule has 0 aromatic carbocycles. The Hall–Kier alpha value is -0.340. The smallest absolute Gasteiger partial charge is 0.111 e. The Kier molecular flexibility index (Phi) is 2.59. The lowest BCUT2D eigenvalue weighted by atomic mass is 10.1. The molecule has 0 N–H and O–H groups in total. The third-order valence-electron chi connectivity index (χ3n) is 2.21. The van der Waals surface area contributed by atoms with Crippen molar-refractivity contribution in [2.45, 2.75) is 25.6 Å². The molecule has 0 aliphatic carbocycles. The maximum atomic E-state index is 5.73. The van der Waals surface area contributed by atoms with Gasteiger partial charge in [0.05, 0.1) is 27.2 Å². The molecule has 0 amide bonds. The van der Waals surface area contributed by atoms with Crippen molar-refractivity contribution in [1.29, 1.82) is 0 Å². The summed E-state index contributed by atoms with van der Waals surface area (Å²) in [5.74, 6) is 0. The fourth-order valence-corrected chi connectivity index (χ4v) is 1.61. The second-order valence-corrected chi connectivity index (χ2v) is 4.74. The maximum absolute atomic E-state index is 5.73. The fourth-order valence-electron chi connectivity index (χ4n) is 1.61. The van der Waals surface area contributed by atoms with Crippen molar-refractivity contribution in [3.63, 3.8) is 0 Å². The third kappa shape index (κ3) is 2.61. The molecular formula is C10H20NO+. The van der Waals surface area contributed by atoms with Gasteiger partial charge in [0.15, 0.2) is 0 Å².